The smallest absolute Gasteiger partial charge is 0.450 e. The normalized spacial score (nSPS) is 12.1. The number of carbonyl (C=O) groups is 1. The lowest BCUT2D eigenvalue weighted by Gasteiger charge is -2.15. The van der Waals surface area contributed by atoms with E-state index in [9.17, 15) is 4.79 Å². The van der Waals surface area contributed by atoms with Crippen molar-refractivity contribution in [1.82, 2.24) is 0 Å². The summed E-state index contributed by atoms with van der Waals surface area (Å²) >= 11 is 0. The Morgan fingerprint density at radius 2 is 2.00 bits per heavy atom. The maximum atomic E-state index is 10.3. The van der Waals surface area contributed by atoms with Crippen LogP contribution in [0.25, 0.3) is 0 Å². The van der Waals surface area contributed by atoms with Crippen LogP contribution in [0, 0.1) is 0 Å². The van der Waals surface area contributed by atoms with E-state index in [0.717, 1.165) is 5.56 Å². The molecular weight excluding hydrogens is 196 g/mol. The van der Waals surface area contributed by atoms with E-state index in [1.807, 2.05) is 30.3 Å². The van der Waals surface area contributed by atoms with Gasteiger partial charge in [0.15, 0.2) is 0 Å². The monoisotopic (exact) mass is 210 g/mol. The number of benzene rings is 1. The van der Waals surface area contributed by atoms with Gasteiger partial charge in [-0.25, -0.2) is 4.79 Å². The fourth-order valence-corrected chi connectivity index (χ4v) is 1.34. The van der Waals surface area contributed by atoms with E-state index < -0.39 is 6.16 Å². The first-order valence-electron chi connectivity index (χ1n) is 4.63. The van der Waals surface area contributed by atoms with E-state index in [0.29, 0.717) is 6.61 Å². The maximum absolute atomic E-state index is 10.3. The van der Waals surface area contributed by atoms with E-state index in [2.05, 4.69) is 4.74 Å². The largest absolute Gasteiger partial charge is 0.505 e. The summed E-state index contributed by atoms with van der Waals surface area (Å²) in [5.74, 6) is -0.0488. The van der Waals surface area contributed by atoms with Crippen molar-refractivity contribution in [3.05, 3.63) is 35.9 Å². The van der Waals surface area contributed by atoms with Crippen LogP contribution in [0.15, 0.2) is 30.3 Å². The van der Waals surface area contributed by atoms with E-state index in [1.54, 1.807) is 7.11 Å². The highest BCUT2D eigenvalue weighted by atomic mass is 16.7. The van der Waals surface area contributed by atoms with Gasteiger partial charge < -0.3 is 14.6 Å². The molecule has 0 radical (unpaired) electrons. The first-order chi connectivity index (χ1) is 7.24. The molecule has 0 saturated carbocycles. The minimum absolute atomic E-state index is 0.0488. The van der Waals surface area contributed by atoms with E-state index in [4.69, 9.17) is 9.84 Å². The van der Waals surface area contributed by atoms with Gasteiger partial charge in [-0.15, -0.1) is 0 Å². The molecule has 0 amide bonds. The average molecular weight is 210 g/mol. The quantitative estimate of drug-likeness (QED) is 0.756. The molecule has 1 atom stereocenters. The average Bonchev–Trinajstić information content (AvgIpc) is 2.25. The van der Waals surface area contributed by atoms with E-state index in [-0.39, 0.29) is 12.5 Å². The van der Waals surface area contributed by atoms with Crippen molar-refractivity contribution >= 4 is 6.16 Å². The Labute approximate surface area is 88.4 Å². The molecule has 0 fully saturated rings. The number of hydrogen-bond acceptors (Lipinski definition) is 3. The Balaban J connectivity index is 2.61. The van der Waals surface area contributed by atoms with Gasteiger partial charge in [-0.3, -0.25) is 0 Å². The highest BCUT2D eigenvalue weighted by Gasteiger charge is 2.13. The second kappa shape index (κ2) is 6.03. The molecule has 1 unspecified atom stereocenters. The number of carboxylic acid groups (broad SMARTS) is 1. The zero-order chi connectivity index (χ0) is 11.1. The van der Waals surface area contributed by atoms with Crippen LogP contribution in [0.3, 0.4) is 0 Å². The molecule has 0 aliphatic rings. The van der Waals surface area contributed by atoms with Crippen LogP contribution in [-0.2, 0) is 9.47 Å². The van der Waals surface area contributed by atoms with Crippen LogP contribution in [0.2, 0.25) is 0 Å². The molecule has 1 aromatic rings. The summed E-state index contributed by atoms with van der Waals surface area (Å²) < 4.78 is 9.57. The molecule has 0 aliphatic heterocycles. The van der Waals surface area contributed by atoms with Gasteiger partial charge in [0.2, 0.25) is 0 Å². The Bertz CT molecular complexity index is 297. The Morgan fingerprint density at radius 1 is 1.33 bits per heavy atom. The molecule has 0 spiro atoms. The fourth-order valence-electron chi connectivity index (χ4n) is 1.34. The highest BCUT2D eigenvalue weighted by Crippen LogP contribution is 2.16. The maximum Gasteiger partial charge on any atom is 0.505 e. The summed E-state index contributed by atoms with van der Waals surface area (Å²) in [4.78, 5) is 10.3. The molecule has 0 saturated heterocycles. The van der Waals surface area contributed by atoms with Gasteiger partial charge in [-0.1, -0.05) is 30.3 Å². The van der Waals surface area contributed by atoms with Crippen molar-refractivity contribution in [1.29, 1.82) is 0 Å². The van der Waals surface area contributed by atoms with Gasteiger partial charge in [0.25, 0.3) is 0 Å². The van der Waals surface area contributed by atoms with Gasteiger partial charge in [0.05, 0.1) is 6.61 Å². The van der Waals surface area contributed by atoms with Crippen molar-refractivity contribution in [2.45, 2.75) is 5.92 Å². The van der Waals surface area contributed by atoms with Crippen LogP contribution in [-0.4, -0.2) is 31.6 Å². The minimum Gasteiger partial charge on any atom is -0.450 e. The summed E-state index contributed by atoms with van der Waals surface area (Å²) in [5.41, 5.74) is 1.01. The van der Waals surface area contributed by atoms with Crippen molar-refractivity contribution in [3.8, 4) is 0 Å². The molecule has 1 rings (SSSR count). The summed E-state index contributed by atoms with van der Waals surface area (Å²) in [6.45, 7) is 0.560. The van der Waals surface area contributed by atoms with Crippen LogP contribution in [0.5, 0.6) is 0 Å². The van der Waals surface area contributed by atoms with Gasteiger partial charge >= 0.3 is 6.16 Å². The van der Waals surface area contributed by atoms with Gasteiger partial charge in [0, 0.05) is 13.0 Å². The van der Waals surface area contributed by atoms with Crippen LogP contribution >= 0.6 is 0 Å². The molecular formula is C11H14O4. The molecule has 0 aromatic heterocycles. The molecule has 4 nitrogen and oxygen atoms in total. The predicted molar refractivity (Wildman–Crippen MR) is 55.0 cm³/mol. The third-order valence-corrected chi connectivity index (χ3v) is 2.05. The zero-order valence-electron chi connectivity index (χ0n) is 8.55. The van der Waals surface area contributed by atoms with Crippen molar-refractivity contribution < 1.29 is 19.4 Å². The summed E-state index contributed by atoms with van der Waals surface area (Å²) in [6, 6.07) is 9.56. The first kappa shape index (κ1) is 11.5. The molecule has 1 N–H and O–H groups in total. The third kappa shape index (κ3) is 3.99. The highest BCUT2D eigenvalue weighted by molar-refractivity contribution is 5.56. The molecule has 4 heteroatoms. The van der Waals surface area contributed by atoms with Crippen molar-refractivity contribution in [2.75, 3.05) is 20.3 Å². The summed E-state index contributed by atoms with van der Waals surface area (Å²) in [7, 11) is 1.58. The van der Waals surface area contributed by atoms with Crippen molar-refractivity contribution in [2.24, 2.45) is 0 Å². The number of methoxy groups -OCH3 is 1. The zero-order valence-corrected chi connectivity index (χ0v) is 8.55. The van der Waals surface area contributed by atoms with E-state index in [1.165, 1.54) is 0 Å². The predicted octanol–water partition coefficient (Wildman–Crippen LogP) is 2.11. The second-order valence-corrected chi connectivity index (χ2v) is 3.14. The van der Waals surface area contributed by atoms with Gasteiger partial charge in [-0.05, 0) is 5.56 Å². The molecule has 0 aliphatic carbocycles. The Kier molecular flexibility index (Phi) is 4.63. The molecule has 0 bridgehead atoms. The topological polar surface area (TPSA) is 55.8 Å². The van der Waals surface area contributed by atoms with Crippen LogP contribution < -0.4 is 0 Å². The third-order valence-electron chi connectivity index (χ3n) is 2.05. The Morgan fingerprint density at radius 3 is 2.53 bits per heavy atom. The van der Waals surface area contributed by atoms with E-state index >= 15 is 0 Å². The van der Waals surface area contributed by atoms with Crippen molar-refractivity contribution in [3.63, 3.8) is 0 Å². The lowest BCUT2D eigenvalue weighted by atomic mass is 10.0. The summed E-state index contributed by atoms with van der Waals surface area (Å²) in [5, 5.41) is 8.41. The second-order valence-electron chi connectivity index (χ2n) is 3.14. The van der Waals surface area contributed by atoms with Gasteiger partial charge in [0.1, 0.15) is 6.61 Å². The lowest BCUT2D eigenvalue weighted by molar-refractivity contribution is 0.0719. The molecule has 15 heavy (non-hydrogen) atoms. The minimum atomic E-state index is -1.26. The lowest BCUT2D eigenvalue weighted by Crippen LogP contribution is -2.15. The SMILES string of the molecule is COCC(COC(=O)O)c1ccccc1. The van der Waals surface area contributed by atoms with Crippen LogP contribution in [0.4, 0.5) is 4.79 Å². The first-order valence-corrected chi connectivity index (χ1v) is 4.63. The van der Waals surface area contributed by atoms with Gasteiger partial charge in [-0.2, -0.15) is 0 Å². The molecule has 0 heterocycles. The summed E-state index contributed by atoms with van der Waals surface area (Å²) in [6.07, 6.45) is -1.26. The van der Waals surface area contributed by atoms with Crippen LogP contribution in [0.1, 0.15) is 11.5 Å². The standard InChI is InChI=1S/C11H14O4/c1-14-7-10(8-15-11(12)13)9-5-3-2-4-6-9/h2-6,10H,7-8H2,1H3,(H,12,13). The molecule has 1 aromatic carbocycles. The fraction of sp³-hybridized carbons (Fsp3) is 0.364. The number of hydrogen-bond donors (Lipinski definition) is 1. The Hall–Kier alpha value is -1.55. The molecule has 82 valence electrons. The number of ether oxygens (including phenoxy) is 2. The number of rotatable bonds is 5.